The lowest BCUT2D eigenvalue weighted by Crippen LogP contribution is -2.60. The second-order valence-corrected chi connectivity index (χ2v) is 8.93. The van der Waals surface area contributed by atoms with E-state index >= 15 is 0 Å². The molecular formula is C23H24ClN5O3. The third kappa shape index (κ3) is 4.16. The highest BCUT2D eigenvalue weighted by Gasteiger charge is 2.43. The van der Waals surface area contributed by atoms with Gasteiger partial charge in [-0.2, -0.15) is 0 Å². The fraction of sp³-hybridized carbons (Fsp3) is 0.348. The molecule has 5 rings (SSSR count). The van der Waals surface area contributed by atoms with Gasteiger partial charge in [0.15, 0.2) is 0 Å². The first kappa shape index (κ1) is 20.8. The Bertz CT molecular complexity index is 1220. The fourth-order valence-corrected chi connectivity index (χ4v) is 4.55. The molecule has 0 bridgehead atoms. The van der Waals surface area contributed by atoms with Crippen LogP contribution in [0.5, 0.6) is 5.75 Å². The highest BCUT2D eigenvalue weighted by molar-refractivity contribution is 6.30. The van der Waals surface area contributed by atoms with Crippen molar-refractivity contribution in [3.05, 3.63) is 80.2 Å². The number of aromatic nitrogens is 3. The van der Waals surface area contributed by atoms with Crippen LogP contribution in [-0.2, 0) is 6.61 Å². The van der Waals surface area contributed by atoms with Crippen molar-refractivity contribution in [2.75, 3.05) is 31.1 Å². The van der Waals surface area contributed by atoms with Crippen LogP contribution in [0.4, 0.5) is 5.82 Å². The second-order valence-electron chi connectivity index (χ2n) is 8.49. The van der Waals surface area contributed by atoms with E-state index in [0.29, 0.717) is 21.9 Å². The first-order valence-electron chi connectivity index (χ1n) is 10.7. The fourth-order valence-electron chi connectivity index (χ4n) is 4.44. The van der Waals surface area contributed by atoms with Crippen molar-refractivity contribution in [3.63, 3.8) is 0 Å². The molecule has 5 heterocycles. The summed E-state index contributed by atoms with van der Waals surface area (Å²) in [5, 5.41) is 3.95. The summed E-state index contributed by atoms with van der Waals surface area (Å²) in [6.07, 6.45) is 5.43. The molecule has 0 atom stereocenters. The first-order chi connectivity index (χ1) is 15.5. The zero-order valence-electron chi connectivity index (χ0n) is 17.5. The quantitative estimate of drug-likeness (QED) is 0.616. The van der Waals surface area contributed by atoms with E-state index < -0.39 is 0 Å². The molecule has 9 heteroatoms. The number of rotatable bonds is 5. The van der Waals surface area contributed by atoms with Crippen LogP contribution in [0.15, 0.2) is 58.4 Å². The van der Waals surface area contributed by atoms with E-state index in [1.807, 2.05) is 6.07 Å². The van der Waals surface area contributed by atoms with Crippen LogP contribution in [0.1, 0.15) is 18.5 Å². The Balaban J connectivity index is 1.28. The van der Waals surface area contributed by atoms with Gasteiger partial charge in [-0.3, -0.25) is 19.1 Å². The highest BCUT2D eigenvalue weighted by atomic mass is 35.5. The van der Waals surface area contributed by atoms with E-state index in [4.69, 9.17) is 16.3 Å². The Hall–Kier alpha value is -3.10. The van der Waals surface area contributed by atoms with Crippen LogP contribution < -0.4 is 26.1 Å². The van der Waals surface area contributed by atoms with Crippen molar-refractivity contribution in [3.8, 4) is 11.4 Å². The number of anilines is 1. The van der Waals surface area contributed by atoms with Gasteiger partial charge in [-0.15, -0.1) is 0 Å². The summed E-state index contributed by atoms with van der Waals surface area (Å²) in [7, 11) is 0. The van der Waals surface area contributed by atoms with Gasteiger partial charge in [-0.25, -0.2) is 0 Å². The summed E-state index contributed by atoms with van der Waals surface area (Å²) in [5.41, 5.74) is 0.705. The molecule has 0 unspecified atom stereocenters. The van der Waals surface area contributed by atoms with Crippen LogP contribution >= 0.6 is 11.6 Å². The van der Waals surface area contributed by atoms with Crippen molar-refractivity contribution in [2.24, 2.45) is 5.41 Å². The molecule has 2 N–H and O–H groups in total. The summed E-state index contributed by atoms with van der Waals surface area (Å²) in [6.45, 7) is 4.24. The van der Waals surface area contributed by atoms with Crippen LogP contribution in [0.3, 0.4) is 0 Å². The third-order valence-electron chi connectivity index (χ3n) is 6.26. The van der Waals surface area contributed by atoms with Crippen molar-refractivity contribution in [1.82, 2.24) is 19.9 Å². The lowest BCUT2D eigenvalue weighted by molar-refractivity contribution is 0.149. The molecule has 0 amide bonds. The van der Waals surface area contributed by atoms with Crippen LogP contribution in [0.25, 0.3) is 5.69 Å². The van der Waals surface area contributed by atoms with Gasteiger partial charge in [-0.1, -0.05) is 11.6 Å². The predicted octanol–water partition coefficient (Wildman–Crippen LogP) is 2.34. The zero-order valence-corrected chi connectivity index (χ0v) is 18.3. The van der Waals surface area contributed by atoms with Gasteiger partial charge in [0.2, 0.25) is 0 Å². The number of hydrogen-bond donors (Lipinski definition) is 2. The van der Waals surface area contributed by atoms with Gasteiger partial charge in [0.1, 0.15) is 23.9 Å². The molecule has 2 fully saturated rings. The largest absolute Gasteiger partial charge is 0.487 e. The van der Waals surface area contributed by atoms with E-state index in [1.54, 1.807) is 36.7 Å². The number of hydrogen-bond acceptors (Lipinski definition) is 6. The predicted molar refractivity (Wildman–Crippen MR) is 123 cm³/mol. The SMILES string of the molecule is O=c1[nH]c(N2CC3(CCNCC3)C2)ccc1-n1ccc(OCc2ccc(Cl)cn2)cc1=O. The van der Waals surface area contributed by atoms with Crippen LogP contribution in [0, 0.1) is 5.41 Å². The Morgan fingerprint density at radius 2 is 1.91 bits per heavy atom. The third-order valence-corrected chi connectivity index (χ3v) is 6.48. The molecule has 3 aromatic rings. The van der Waals surface area contributed by atoms with E-state index in [9.17, 15) is 9.59 Å². The number of nitrogens with zero attached hydrogens (tertiary/aromatic N) is 3. The second kappa shape index (κ2) is 8.44. The number of piperidine rings is 1. The van der Waals surface area contributed by atoms with Crippen molar-refractivity contribution in [1.29, 1.82) is 0 Å². The standard InChI is InChI=1S/C23H24ClN5O3/c24-16-1-2-17(26-12-16)13-32-18-5-10-29(21(30)11-18)19-3-4-20(27-22(19)31)28-14-23(15-28)6-8-25-9-7-23/h1-5,10-12,25H,6-9,13-15H2,(H,27,31). The van der Waals surface area contributed by atoms with Crippen molar-refractivity contribution < 1.29 is 4.74 Å². The maximum atomic E-state index is 12.7. The van der Waals surface area contributed by atoms with Crippen LogP contribution in [-0.4, -0.2) is 40.7 Å². The molecule has 3 aromatic heterocycles. The minimum absolute atomic E-state index is 0.212. The molecule has 0 aromatic carbocycles. The monoisotopic (exact) mass is 453 g/mol. The number of H-pyrrole nitrogens is 1. The lowest BCUT2D eigenvalue weighted by Gasteiger charge is -2.53. The van der Waals surface area contributed by atoms with E-state index in [1.165, 1.54) is 23.5 Å². The van der Waals surface area contributed by atoms with Gasteiger partial charge in [0, 0.05) is 37.0 Å². The highest BCUT2D eigenvalue weighted by Crippen LogP contribution is 2.40. The van der Waals surface area contributed by atoms with Gasteiger partial charge < -0.3 is 19.9 Å². The van der Waals surface area contributed by atoms with Gasteiger partial charge in [0.25, 0.3) is 11.1 Å². The summed E-state index contributed by atoms with van der Waals surface area (Å²) in [5.74, 6) is 1.20. The number of ether oxygens (including phenoxy) is 1. The number of nitrogens with one attached hydrogen (secondary N) is 2. The Kier molecular flexibility index (Phi) is 5.48. The minimum Gasteiger partial charge on any atom is -0.487 e. The molecule has 0 aliphatic carbocycles. The van der Waals surface area contributed by atoms with E-state index in [0.717, 1.165) is 32.0 Å². The maximum Gasteiger partial charge on any atom is 0.273 e. The van der Waals surface area contributed by atoms with E-state index in [2.05, 4.69) is 20.2 Å². The van der Waals surface area contributed by atoms with E-state index in [-0.39, 0.29) is 23.4 Å². The van der Waals surface area contributed by atoms with Crippen molar-refractivity contribution in [2.45, 2.75) is 19.4 Å². The molecule has 1 spiro atoms. The topological polar surface area (TPSA) is 92.2 Å². The molecule has 0 radical (unpaired) electrons. The molecule has 8 nitrogen and oxygen atoms in total. The Morgan fingerprint density at radius 3 is 2.59 bits per heavy atom. The zero-order chi connectivity index (χ0) is 22.1. The first-order valence-corrected chi connectivity index (χ1v) is 11.0. The lowest BCUT2D eigenvalue weighted by atomic mass is 9.72. The average molecular weight is 454 g/mol. The summed E-state index contributed by atoms with van der Waals surface area (Å²) < 4.78 is 6.97. The van der Waals surface area contributed by atoms with Crippen molar-refractivity contribution >= 4 is 17.4 Å². The summed E-state index contributed by atoms with van der Waals surface area (Å²) in [4.78, 5) is 34.6. The molecule has 2 aliphatic rings. The average Bonchev–Trinajstić information content (AvgIpc) is 2.78. The van der Waals surface area contributed by atoms with Crippen LogP contribution in [0.2, 0.25) is 5.02 Å². The van der Waals surface area contributed by atoms with Gasteiger partial charge in [-0.05, 0) is 56.3 Å². The maximum absolute atomic E-state index is 12.7. The molecule has 2 aliphatic heterocycles. The smallest absolute Gasteiger partial charge is 0.273 e. The summed E-state index contributed by atoms with van der Waals surface area (Å²) in [6, 6.07) is 10.1. The normalized spacial score (nSPS) is 17.2. The van der Waals surface area contributed by atoms with Gasteiger partial charge in [0.05, 0.1) is 10.7 Å². The number of aromatic amines is 1. The number of halogens is 1. The molecule has 0 saturated carbocycles. The number of pyridine rings is 3. The molecular weight excluding hydrogens is 430 g/mol. The Morgan fingerprint density at radius 1 is 1.09 bits per heavy atom. The minimum atomic E-state index is -0.345. The molecule has 32 heavy (non-hydrogen) atoms. The summed E-state index contributed by atoms with van der Waals surface area (Å²) >= 11 is 5.83. The molecule has 166 valence electrons. The molecule has 2 saturated heterocycles. The Labute approximate surface area is 189 Å². The van der Waals surface area contributed by atoms with Gasteiger partial charge >= 0.3 is 0 Å².